The van der Waals surface area contributed by atoms with E-state index >= 15 is 0 Å². The van der Waals surface area contributed by atoms with E-state index in [1.165, 1.54) is 19.3 Å². The van der Waals surface area contributed by atoms with Crippen molar-refractivity contribution in [2.75, 3.05) is 19.0 Å². The molecule has 2 rings (SSSR count). The van der Waals surface area contributed by atoms with Crippen molar-refractivity contribution < 1.29 is 18.7 Å². The smallest absolute Gasteiger partial charge is 0.349 e. The lowest BCUT2D eigenvalue weighted by atomic mass is 10.1. The number of furan rings is 1. The number of nitrogens with zero attached hydrogens (tertiary/aromatic N) is 2. The van der Waals surface area contributed by atoms with E-state index in [9.17, 15) is 14.9 Å². The summed E-state index contributed by atoms with van der Waals surface area (Å²) < 4.78 is 10.2. The van der Waals surface area contributed by atoms with Gasteiger partial charge in [0.1, 0.15) is 17.4 Å². The van der Waals surface area contributed by atoms with E-state index in [0.29, 0.717) is 11.3 Å². The zero-order valence-corrected chi connectivity index (χ0v) is 15.4. The quantitative estimate of drug-likeness (QED) is 0.459. The molecule has 1 N–H and O–H groups in total. The molecule has 0 aliphatic carbocycles. The molecule has 1 aromatic carbocycles. The van der Waals surface area contributed by atoms with Crippen molar-refractivity contribution in [1.82, 2.24) is 5.32 Å². The largest absolute Gasteiger partial charge is 0.467 e. The highest BCUT2D eigenvalue weighted by atomic mass is 16.5. The first-order valence-electron chi connectivity index (χ1n) is 8.31. The normalized spacial score (nSPS) is 12.0. The zero-order valence-electron chi connectivity index (χ0n) is 15.4. The Hall–Kier alpha value is -3.53. The average molecular weight is 367 g/mol. The van der Waals surface area contributed by atoms with Crippen molar-refractivity contribution in [1.29, 1.82) is 5.26 Å². The third-order valence-corrected chi connectivity index (χ3v) is 3.73. The van der Waals surface area contributed by atoms with Gasteiger partial charge in [-0.3, -0.25) is 4.79 Å². The molecule has 0 radical (unpaired) electrons. The molecule has 1 aromatic heterocycles. The first-order chi connectivity index (χ1) is 12.9. The second kappa shape index (κ2) is 9.25. The lowest BCUT2D eigenvalue weighted by molar-refractivity contribution is -0.150. The SMILES string of the molecule is C[C@H](OC(=O)/C(C#N)=C/c1ccc(N(C)C)cc1)C(=O)NCc1ccco1. The Bertz CT molecular complexity index is 846. The van der Waals surface area contributed by atoms with Crippen LogP contribution in [0.2, 0.25) is 0 Å². The molecule has 1 atom stereocenters. The summed E-state index contributed by atoms with van der Waals surface area (Å²) in [5.41, 5.74) is 1.50. The molecule has 0 saturated carbocycles. The Morgan fingerprint density at radius 2 is 2.00 bits per heavy atom. The van der Waals surface area contributed by atoms with Crippen LogP contribution in [0, 0.1) is 11.3 Å². The number of nitrogens with one attached hydrogen (secondary N) is 1. The molecule has 0 aliphatic heterocycles. The number of nitriles is 1. The number of amides is 1. The van der Waals surface area contributed by atoms with Crippen LogP contribution in [0.15, 0.2) is 52.7 Å². The monoisotopic (exact) mass is 367 g/mol. The van der Waals surface area contributed by atoms with Crippen molar-refractivity contribution in [2.45, 2.75) is 19.6 Å². The van der Waals surface area contributed by atoms with E-state index in [2.05, 4.69) is 5.32 Å². The van der Waals surface area contributed by atoms with Crippen molar-refractivity contribution in [3.8, 4) is 6.07 Å². The number of benzene rings is 1. The van der Waals surface area contributed by atoms with Crippen molar-refractivity contribution in [3.63, 3.8) is 0 Å². The van der Waals surface area contributed by atoms with E-state index in [1.54, 1.807) is 24.3 Å². The Morgan fingerprint density at radius 3 is 2.56 bits per heavy atom. The zero-order chi connectivity index (χ0) is 19.8. The van der Waals surface area contributed by atoms with E-state index in [-0.39, 0.29) is 12.1 Å². The summed E-state index contributed by atoms with van der Waals surface area (Å²) >= 11 is 0. The van der Waals surface area contributed by atoms with Gasteiger partial charge in [0.05, 0.1) is 12.8 Å². The average Bonchev–Trinajstić information content (AvgIpc) is 3.17. The molecule has 7 nitrogen and oxygen atoms in total. The summed E-state index contributed by atoms with van der Waals surface area (Å²) in [7, 11) is 3.84. The molecule has 27 heavy (non-hydrogen) atoms. The molecule has 0 bridgehead atoms. The highest BCUT2D eigenvalue weighted by molar-refractivity contribution is 5.99. The van der Waals surface area contributed by atoms with Crippen LogP contribution in [0.3, 0.4) is 0 Å². The maximum atomic E-state index is 12.2. The van der Waals surface area contributed by atoms with E-state index in [4.69, 9.17) is 9.15 Å². The minimum absolute atomic E-state index is 0.182. The molecule has 0 unspecified atom stereocenters. The number of carbonyl (C=O) groups is 2. The number of hydrogen-bond donors (Lipinski definition) is 1. The van der Waals surface area contributed by atoms with E-state index < -0.39 is 18.0 Å². The predicted octanol–water partition coefficient (Wildman–Crippen LogP) is 2.50. The van der Waals surface area contributed by atoms with Crippen LogP contribution < -0.4 is 10.2 Å². The first-order valence-corrected chi connectivity index (χ1v) is 8.31. The molecule has 140 valence electrons. The van der Waals surface area contributed by atoms with Gasteiger partial charge in [-0.05, 0) is 42.8 Å². The third-order valence-electron chi connectivity index (χ3n) is 3.73. The summed E-state index contributed by atoms with van der Waals surface area (Å²) in [5, 5.41) is 11.8. The van der Waals surface area contributed by atoms with Gasteiger partial charge in [0.2, 0.25) is 0 Å². The van der Waals surface area contributed by atoms with Gasteiger partial charge < -0.3 is 19.4 Å². The second-order valence-electron chi connectivity index (χ2n) is 6.00. The van der Waals surface area contributed by atoms with Crippen LogP contribution in [0.5, 0.6) is 0 Å². The number of anilines is 1. The van der Waals surface area contributed by atoms with Gasteiger partial charge >= 0.3 is 5.97 Å². The fourth-order valence-electron chi connectivity index (χ4n) is 2.18. The maximum Gasteiger partial charge on any atom is 0.349 e. The number of carbonyl (C=O) groups excluding carboxylic acids is 2. The van der Waals surface area contributed by atoms with Crippen LogP contribution >= 0.6 is 0 Å². The second-order valence-corrected chi connectivity index (χ2v) is 6.00. The topological polar surface area (TPSA) is 95.6 Å². The Labute approximate surface area is 157 Å². The van der Waals surface area contributed by atoms with Crippen LogP contribution in [0.4, 0.5) is 5.69 Å². The summed E-state index contributed by atoms with van der Waals surface area (Å²) in [6.07, 6.45) is 1.88. The molecule has 0 aliphatic rings. The molecule has 2 aromatic rings. The Morgan fingerprint density at radius 1 is 1.30 bits per heavy atom. The van der Waals surface area contributed by atoms with Gasteiger partial charge in [-0.25, -0.2) is 4.79 Å². The minimum Gasteiger partial charge on any atom is -0.467 e. The Balaban J connectivity index is 1.96. The fraction of sp³-hybridized carbons (Fsp3) is 0.250. The fourth-order valence-corrected chi connectivity index (χ4v) is 2.18. The summed E-state index contributed by atoms with van der Waals surface area (Å²) in [5.74, 6) is -0.747. The predicted molar refractivity (Wildman–Crippen MR) is 100 cm³/mol. The third kappa shape index (κ3) is 5.75. The van der Waals surface area contributed by atoms with E-state index in [1.807, 2.05) is 37.2 Å². The molecular weight excluding hydrogens is 346 g/mol. The first kappa shape index (κ1) is 19.8. The number of hydrogen-bond acceptors (Lipinski definition) is 6. The van der Waals surface area contributed by atoms with Crippen molar-refractivity contribution in [2.24, 2.45) is 0 Å². The van der Waals surface area contributed by atoms with Crippen LogP contribution in [0.25, 0.3) is 6.08 Å². The number of ether oxygens (including phenoxy) is 1. The number of rotatable bonds is 7. The van der Waals surface area contributed by atoms with Gasteiger partial charge in [0.25, 0.3) is 5.91 Å². The van der Waals surface area contributed by atoms with Crippen molar-refractivity contribution >= 4 is 23.6 Å². The van der Waals surface area contributed by atoms with Gasteiger partial charge in [-0.15, -0.1) is 0 Å². The summed E-state index contributed by atoms with van der Waals surface area (Å²) in [4.78, 5) is 26.1. The van der Waals surface area contributed by atoms with Gasteiger partial charge in [-0.1, -0.05) is 12.1 Å². The number of esters is 1. The van der Waals surface area contributed by atoms with Crippen LogP contribution in [-0.4, -0.2) is 32.1 Å². The van der Waals surface area contributed by atoms with Crippen molar-refractivity contribution in [3.05, 3.63) is 59.6 Å². The standard InChI is InChI=1S/C20H21N3O4/c1-14(19(24)22-13-18-5-4-10-26-18)27-20(25)16(12-21)11-15-6-8-17(9-7-15)23(2)3/h4-11,14H,13H2,1-3H3,(H,22,24)/b16-11+/t14-/m0/s1. The molecule has 0 saturated heterocycles. The molecule has 0 fully saturated rings. The lowest BCUT2D eigenvalue weighted by Gasteiger charge is -2.13. The minimum atomic E-state index is -1.04. The van der Waals surface area contributed by atoms with Gasteiger partial charge in [-0.2, -0.15) is 5.26 Å². The Kier molecular flexibility index (Phi) is 6.78. The lowest BCUT2D eigenvalue weighted by Crippen LogP contribution is -2.35. The summed E-state index contributed by atoms with van der Waals surface area (Å²) in [6.45, 7) is 1.63. The van der Waals surface area contributed by atoms with Gasteiger partial charge in [0.15, 0.2) is 6.10 Å². The highest BCUT2D eigenvalue weighted by Crippen LogP contribution is 2.15. The molecule has 7 heteroatoms. The van der Waals surface area contributed by atoms with Crippen LogP contribution in [-0.2, 0) is 20.9 Å². The molecule has 1 amide bonds. The van der Waals surface area contributed by atoms with Crippen LogP contribution in [0.1, 0.15) is 18.2 Å². The maximum absolute atomic E-state index is 12.2. The summed E-state index contributed by atoms with van der Waals surface area (Å²) in [6, 6.07) is 12.6. The molecular formula is C20H21N3O4. The highest BCUT2D eigenvalue weighted by Gasteiger charge is 2.20. The molecule has 0 spiro atoms. The van der Waals surface area contributed by atoms with E-state index in [0.717, 1.165) is 5.69 Å². The van der Waals surface area contributed by atoms with Gasteiger partial charge in [0, 0.05) is 19.8 Å². The molecule has 1 heterocycles.